The minimum absolute atomic E-state index is 0.0116. The second-order valence-electron chi connectivity index (χ2n) is 14.4. The van der Waals surface area contributed by atoms with Crippen molar-refractivity contribution >= 4 is 9.84 Å². The zero-order valence-electron chi connectivity index (χ0n) is 27.0. The lowest BCUT2D eigenvalue weighted by molar-refractivity contribution is -0.396. The molecule has 2 N–H and O–H groups in total. The summed E-state index contributed by atoms with van der Waals surface area (Å²) in [6.45, 7) is 6.48. The second-order valence-corrected chi connectivity index (χ2v) is 16.7. The quantitative estimate of drug-likeness (QED) is 0.108. The van der Waals surface area contributed by atoms with Crippen LogP contribution in [0.3, 0.4) is 0 Å². The van der Waals surface area contributed by atoms with Gasteiger partial charge in [0.15, 0.2) is 9.84 Å². The predicted molar refractivity (Wildman–Crippen MR) is 163 cm³/mol. The fraction of sp³-hybridized carbons (Fsp3) is 0.765. The molecule has 4 rings (SSSR count). The van der Waals surface area contributed by atoms with Crippen molar-refractivity contribution in [2.45, 2.75) is 126 Å². The normalized spacial score (nSPS) is 28.2. The molecule has 6 atom stereocenters. The first-order valence-corrected chi connectivity index (χ1v) is 18.5. The van der Waals surface area contributed by atoms with Gasteiger partial charge in [0.05, 0.1) is 17.6 Å². The van der Waals surface area contributed by atoms with Crippen LogP contribution in [0.5, 0.6) is 5.75 Å². The molecule has 2 fully saturated rings. The molecule has 0 heterocycles. The number of fused-ring (bicyclic) bond motifs is 5. The Kier molecular flexibility index (Phi) is 11.3. The number of benzene rings is 1. The Balaban J connectivity index is 1.20. The van der Waals surface area contributed by atoms with Gasteiger partial charge in [-0.05, 0) is 96.4 Å². The number of phenolic OH excluding ortho intramolecular Hbond substituents is 1. The maximum absolute atomic E-state index is 13.7. The van der Waals surface area contributed by atoms with E-state index in [2.05, 4.69) is 13.5 Å². The van der Waals surface area contributed by atoms with E-state index >= 15 is 0 Å². The molecule has 0 aromatic heterocycles. The highest BCUT2D eigenvalue weighted by Gasteiger charge is 2.81. The van der Waals surface area contributed by atoms with E-state index in [1.165, 1.54) is 11.1 Å². The molecule has 0 amide bonds. The molecular weight excluding hydrogens is 675 g/mol. The van der Waals surface area contributed by atoms with Crippen LogP contribution < -0.4 is 0 Å². The minimum atomic E-state index is -7.03. The van der Waals surface area contributed by atoms with Crippen molar-refractivity contribution in [3.63, 3.8) is 0 Å². The third-order valence-electron chi connectivity index (χ3n) is 11.4. The van der Waals surface area contributed by atoms with Gasteiger partial charge in [0.1, 0.15) is 5.75 Å². The van der Waals surface area contributed by atoms with Crippen molar-refractivity contribution in [3.05, 3.63) is 41.5 Å². The Labute approximate surface area is 276 Å². The van der Waals surface area contributed by atoms with Crippen LogP contribution in [0, 0.1) is 23.2 Å². The number of hydrogen-bond donors (Lipinski definition) is 2. The Morgan fingerprint density at radius 1 is 0.896 bits per heavy atom. The Hall–Kier alpha value is -1.96. The Bertz CT molecular complexity index is 1410. The fourth-order valence-electron chi connectivity index (χ4n) is 8.54. The largest absolute Gasteiger partial charge is 0.508 e. The predicted octanol–water partition coefficient (Wildman–Crippen LogP) is 9.40. The lowest BCUT2D eigenvalue weighted by atomic mass is 9.52. The summed E-state index contributed by atoms with van der Waals surface area (Å²) in [7, 11) is -4.40. The van der Waals surface area contributed by atoms with Crippen LogP contribution in [0.2, 0.25) is 0 Å². The van der Waals surface area contributed by atoms with Crippen LogP contribution in [-0.4, -0.2) is 60.2 Å². The van der Waals surface area contributed by atoms with E-state index in [0.717, 1.165) is 56.9 Å². The Morgan fingerprint density at radius 2 is 1.50 bits per heavy atom. The first-order chi connectivity index (χ1) is 22.1. The van der Waals surface area contributed by atoms with Gasteiger partial charge in [-0.3, -0.25) is 0 Å². The third kappa shape index (κ3) is 7.54. The maximum atomic E-state index is 13.7. The summed E-state index contributed by atoms with van der Waals surface area (Å²) in [6.07, 6.45) is -0.811. The number of phenols is 1. The van der Waals surface area contributed by atoms with Gasteiger partial charge in [-0.15, -0.1) is 0 Å². The fourth-order valence-corrected chi connectivity index (χ4v) is 9.96. The first kappa shape index (κ1) is 38.8. The molecule has 14 heteroatoms. The van der Waals surface area contributed by atoms with Crippen molar-refractivity contribution in [3.8, 4) is 5.75 Å². The number of alkyl halides is 9. The van der Waals surface area contributed by atoms with Crippen LogP contribution in [0.15, 0.2) is 30.4 Å². The third-order valence-corrected chi connectivity index (χ3v) is 13.1. The maximum Gasteiger partial charge on any atom is 0.460 e. The van der Waals surface area contributed by atoms with Crippen molar-refractivity contribution in [2.75, 3.05) is 11.5 Å². The Morgan fingerprint density at radius 3 is 2.12 bits per heavy atom. The summed E-state index contributed by atoms with van der Waals surface area (Å²) in [5, 5.41) is 20.9. The molecular formula is C34H45F9O4S. The van der Waals surface area contributed by atoms with Crippen molar-refractivity contribution in [2.24, 2.45) is 23.2 Å². The molecule has 1 aromatic rings. The van der Waals surface area contributed by atoms with Gasteiger partial charge >= 0.3 is 23.9 Å². The van der Waals surface area contributed by atoms with Gasteiger partial charge in [-0.2, -0.15) is 39.5 Å². The molecule has 0 bridgehead atoms. The molecule has 0 unspecified atom stereocenters. The van der Waals surface area contributed by atoms with E-state index in [1.807, 2.05) is 12.1 Å². The van der Waals surface area contributed by atoms with Gasteiger partial charge in [0.2, 0.25) is 0 Å². The zero-order chi connectivity index (χ0) is 35.9. The van der Waals surface area contributed by atoms with Crippen molar-refractivity contribution < 1.29 is 58.1 Å². The van der Waals surface area contributed by atoms with E-state index in [-0.39, 0.29) is 17.6 Å². The van der Waals surface area contributed by atoms with Gasteiger partial charge in [-0.1, -0.05) is 58.1 Å². The number of unbranched alkanes of at least 4 members (excludes halogenated alkanes) is 6. The number of aromatic hydroxyl groups is 1. The second kappa shape index (κ2) is 14.0. The van der Waals surface area contributed by atoms with E-state index in [1.54, 1.807) is 6.07 Å². The van der Waals surface area contributed by atoms with Crippen LogP contribution in [-0.2, 0) is 16.3 Å². The van der Waals surface area contributed by atoms with Gasteiger partial charge in [-0.25, -0.2) is 8.42 Å². The standard InChI is InChI=1S/C34H45F9O4S/c1-21-28(45)20-27-29-22(18-23-19-24(44)11-12-25(23)26(29)13-14-30(21,27)2)10-8-6-4-3-5-7-9-16-48(46,47)17-15-31(35,36)32(37,38)33(39,40)34(41,42)43/h11-12,19,22,26-29,44-45H,1,3-10,13-18,20H2,2H3/t22-,26-,27+,28-,29-,30-/m1/s1. The number of aliphatic hydroxyl groups is 1. The average molecular weight is 721 g/mol. The van der Waals surface area contributed by atoms with Crippen LogP contribution in [0.25, 0.3) is 0 Å². The summed E-state index contributed by atoms with van der Waals surface area (Å²) >= 11 is 0. The zero-order valence-corrected chi connectivity index (χ0v) is 27.8. The van der Waals surface area contributed by atoms with Crippen LogP contribution in [0.4, 0.5) is 39.5 Å². The summed E-state index contributed by atoms with van der Waals surface area (Å²) in [6, 6.07) is 5.65. The van der Waals surface area contributed by atoms with Gasteiger partial charge in [0.25, 0.3) is 0 Å². The average Bonchev–Trinajstić information content (AvgIpc) is 3.22. The SMILES string of the molecule is C=C1[C@H](O)C[C@H]2[C@@H]3[C@H](CCCCCCCCCS(=O)(=O)CCC(F)(F)C(F)(F)C(F)(F)C(F)(F)F)Cc4cc(O)ccc4[C@H]3CC[C@]12C. The summed E-state index contributed by atoms with van der Waals surface area (Å²) in [5.41, 5.74) is 3.29. The minimum Gasteiger partial charge on any atom is -0.508 e. The number of hydrogen-bond acceptors (Lipinski definition) is 4. The molecule has 1 aromatic carbocycles. The van der Waals surface area contributed by atoms with Gasteiger partial charge in [0, 0.05) is 6.42 Å². The van der Waals surface area contributed by atoms with Gasteiger partial charge < -0.3 is 10.2 Å². The number of sulfone groups is 1. The molecule has 4 nitrogen and oxygen atoms in total. The molecule has 3 aliphatic rings. The lowest BCUT2D eigenvalue weighted by Crippen LogP contribution is -2.61. The number of aliphatic hydroxyl groups excluding tert-OH is 1. The van der Waals surface area contributed by atoms with Crippen LogP contribution in [0.1, 0.15) is 101 Å². The molecule has 0 spiro atoms. The highest BCUT2D eigenvalue weighted by atomic mass is 32.2. The summed E-state index contributed by atoms with van der Waals surface area (Å²) < 4.78 is 141. The number of halogens is 9. The van der Waals surface area contributed by atoms with E-state index in [4.69, 9.17) is 0 Å². The van der Waals surface area contributed by atoms with Crippen molar-refractivity contribution in [1.29, 1.82) is 0 Å². The van der Waals surface area contributed by atoms with E-state index in [9.17, 15) is 58.1 Å². The molecule has 0 radical (unpaired) electrons. The topological polar surface area (TPSA) is 74.6 Å². The molecule has 3 aliphatic carbocycles. The smallest absolute Gasteiger partial charge is 0.460 e. The highest BCUT2D eigenvalue weighted by molar-refractivity contribution is 7.91. The molecule has 0 saturated heterocycles. The lowest BCUT2D eigenvalue weighted by Gasteiger charge is -2.52. The molecule has 0 aliphatic heterocycles. The summed E-state index contributed by atoms with van der Waals surface area (Å²) in [5.74, 6) is -20.4. The molecule has 48 heavy (non-hydrogen) atoms. The molecule has 274 valence electrons. The van der Waals surface area contributed by atoms with Crippen LogP contribution >= 0.6 is 0 Å². The number of rotatable bonds is 15. The van der Waals surface area contributed by atoms with E-state index in [0.29, 0.717) is 42.9 Å². The summed E-state index contributed by atoms with van der Waals surface area (Å²) in [4.78, 5) is 0. The first-order valence-electron chi connectivity index (χ1n) is 16.7. The van der Waals surface area contributed by atoms with E-state index < -0.39 is 57.8 Å². The monoisotopic (exact) mass is 720 g/mol. The highest BCUT2D eigenvalue weighted by Crippen LogP contribution is 2.64. The van der Waals surface area contributed by atoms with Crippen molar-refractivity contribution in [1.82, 2.24) is 0 Å². The molecule has 2 saturated carbocycles.